The molecule has 1 heterocycles. The maximum Gasteiger partial charge on any atom is 0.282 e. The molecule has 30 heavy (non-hydrogen) atoms. The second-order valence-electron chi connectivity index (χ2n) is 6.53. The fourth-order valence-corrected chi connectivity index (χ4v) is 3.40. The number of rotatable bonds is 7. The molecule has 0 saturated heterocycles. The van der Waals surface area contributed by atoms with Crippen LogP contribution in [0.2, 0.25) is 0 Å². The van der Waals surface area contributed by atoms with Crippen molar-refractivity contribution in [1.29, 1.82) is 5.26 Å². The van der Waals surface area contributed by atoms with Crippen LogP contribution < -0.4 is 10.1 Å². The first-order valence-corrected chi connectivity index (χ1v) is 10.3. The zero-order valence-corrected chi connectivity index (χ0v) is 18.0. The number of nitrogens with zero attached hydrogens (tertiary/aromatic N) is 3. The summed E-state index contributed by atoms with van der Waals surface area (Å²) >= 11 is 7.48. The summed E-state index contributed by atoms with van der Waals surface area (Å²) in [6, 6.07) is 17.1. The molecule has 6 nitrogen and oxygen atoms in total. The number of carbonyl (C=O) groups excluding carboxylic acids is 1. The Balaban J connectivity index is 1.62. The molecule has 3 rings (SSSR count). The molecule has 0 bridgehead atoms. The number of benzene rings is 2. The number of nitrogens with one attached hydrogen (secondary N) is 1. The van der Waals surface area contributed by atoms with Gasteiger partial charge in [0.05, 0.1) is 5.03 Å². The van der Waals surface area contributed by atoms with Gasteiger partial charge < -0.3 is 10.1 Å². The van der Waals surface area contributed by atoms with Crippen LogP contribution in [0.4, 0.5) is 0 Å². The van der Waals surface area contributed by atoms with Gasteiger partial charge in [-0.2, -0.15) is 5.26 Å². The zero-order valence-electron chi connectivity index (χ0n) is 16.4. The Morgan fingerprint density at radius 3 is 2.53 bits per heavy atom. The molecule has 2 aromatic carbocycles. The average Bonchev–Trinajstić information content (AvgIpc) is 3.25. The van der Waals surface area contributed by atoms with Crippen molar-refractivity contribution in [3.63, 3.8) is 0 Å². The summed E-state index contributed by atoms with van der Waals surface area (Å²) in [7, 11) is 0. The minimum absolute atomic E-state index is 0.248. The highest BCUT2D eigenvalue weighted by atomic mass is 35.5. The van der Waals surface area contributed by atoms with E-state index in [4.69, 9.17) is 21.6 Å². The number of hydrogen-bond donors (Lipinski definition) is 1. The van der Waals surface area contributed by atoms with Crippen molar-refractivity contribution in [3.05, 3.63) is 75.2 Å². The van der Waals surface area contributed by atoms with Crippen molar-refractivity contribution in [2.45, 2.75) is 26.5 Å². The molecule has 0 aliphatic heterocycles. The summed E-state index contributed by atoms with van der Waals surface area (Å²) < 4.78 is 5.42. The molecule has 1 aromatic heterocycles. The lowest BCUT2D eigenvalue weighted by molar-refractivity contribution is 0.0950. The summed E-state index contributed by atoms with van der Waals surface area (Å²) in [6.07, 6.45) is 1.21. The van der Waals surface area contributed by atoms with E-state index in [2.05, 4.69) is 15.5 Å². The Kier molecular flexibility index (Phi) is 7.17. The van der Waals surface area contributed by atoms with Crippen LogP contribution in [0.1, 0.15) is 38.4 Å². The number of aryl methyl sites for hydroxylation is 1. The fraction of sp³-hybridized carbons (Fsp3) is 0.182. The van der Waals surface area contributed by atoms with Crippen molar-refractivity contribution in [2.75, 3.05) is 0 Å². The molecule has 1 amide bonds. The van der Waals surface area contributed by atoms with Gasteiger partial charge in [-0.05, 0) is 43.2 Å². The van der Waals surface area contributed by atoms with Crippen LogP contribution in [0.5, 0.6) is 5.75 Å². The Hall–Kier alpha value is -3.21. The van der Waals surface area contributed by atoms with Gasteiger partial charge in [-0.1, -0.05) is 64.9 Å². The first-order chi connectivity index (χ1) is 14.4. The summed E-state index contributed by atoms with van der Waals surface area (Å²) in [5, 5.41) is 20.7. The van der Waals surface area contributed by atoms with Gasteiger partial charge in [0, 0.05) is 6.54 Å². The minimum Gasteiger partial charge on any atom is -0.476 e. The average molecular weight is 439 g/mol. The molecule has 152 valence electrons. The van der Waals surface area contributed by atoms with E-state index in [9.17, 15) is 4.79 Å². The van der Waals surface area contributed by atoms with Crippen molar-refractivity contribution in [3.8, 4) is 11.8 Å². The minimum atomic E-state index is -0.521. The number of aromatic nitrogens is 2. The number of carbonyl (C=O) groups is 1. The van der Waals surface area contributed by atoms with Crippen molar-refractivity contribution in [1.82, 2.24) is 15.5 Å². The van der Waals surface area contributed by atoms with E-state index in [1.54, 1.807) is 25.1 Å². The quantitative estimate of drug-likeness (QED) is 0.572. The molecule has 1 N–H and O–H groups in total. The van der Waals surface area contributed by atoms with Gasteiger partial charge in [-0.15, -0.1) is 10.2 Å². The largest absolute Gasteiger partial charge is 0.476 e. The molecule has 3 aromatic rings. The third-order valence-electron chi connectivity index (χ3n) is 4.07. The number of hydrogen-bond acceptors (Lipinski definition) is 6. The molecule has 8 heteroatoms. The molecule has 0 aliphatic rings. The van der Waals surface area contributed by atoms with Crippen molar-refractivity contribution >= 4 is 40.0 Å². The smallest absolute Gasteiger partial charge is 0.282 e. The molecule has 1 unspecified atom stereocenters. The monoisotopic (exact) mass is 438 g/mol. The molecule has 1 atom stereocenters. The van der Waals surface area contributed by atoms with Crippen LogP contribution in [-0.2, 0) is 6.54 Å². The van der Waals surface area contributed by atoms with Crippen LogP contribution in [0, 0.1) is 18.3 Å². The molecule has 0 radical (unpaired) electrons. The first kappa shape index (κ1) is 21.5. The topological polar surface area (TPSA) is 87.9 Å². The van der Waals surface area contributed by atoms with Crippen LogP contribution in [0.15, 0.2) is 48.5 Å². The van der Waals surface area contributed by atoms with Crippen LogP contribution in [-0.4, -0.2) is 22.2 Å². The number of halogens is 1. The maximum absolute atomic E-state index is 12.3. The lowest BCUT2D eigenvalue weighted by Crippen LogP contribution is -2.22. The van der Waals surface area contributed by atoms with E-state index in [-0.39, 0.29) is 10.9 Å². The van der Waals surface area contributed by atoms with E-state index in [0.29, 0.717) is 22.3 Å². The Morgan fingerprint density at radius 2 is 1.87 bits per heavy atom. The summed E-state index contributed by atoms with van der Waals surface area (Å²) in [6.45, 7) is 4.10. The van der Waals surface area contributed by atoms with Gasteiger partial charge in [-0.25, -0.2) is 0 Å². The third kappa shape index (κ3) is 5.89. The normalized spacial score (nSPS) is 12.1. The van der Waals surface area contributed by atoms with E-state index >= 15 is 0 Å². The second kappa shape index (κ2) is 10.0. The molecule has 0 aliphatic carbocycles. The predicted molar refractivity (Wildman–Crippen MR) is 118 cm³/mol. The molecule has 0 fully saturated rings. The van der Waals surface area contributed by atoms with Gasteiger partial charge in [0.15, 0.2) is 11.1 Å². The number of ether oxygens (including phenoxy) is 1. The van der Waals surface area contributed by atoms with Crippen LogP contribution in [0.25, 0.3) is 11.1 Å². The van der Waals surface area contributed by atoms with Crippen LogP contribution >= 0.6 is 22.9 Å². The van der Waals surface area contributed by atoms with E-state index in [1.807, 2.05) is 49.4 Å². The van der Waals surface area contributed by atoms with E-state index < -0.39 is 6.10 Å². The van der Waals surface area contributed by atoms with Gasteiger partial charge in [-0.3, -0.25) is 4.79 Å². The predicted octanol–water partition coefficient (Wildman–Crippen LogP) is 4.80. The highest BCUT2D eigenvalue weighted by Crippen LogP contribution is 2.26. The third-order valence-corrected chi connectivity index (χ3v) is 5.42. The van der Waals surface area contributed by atoms with Gasteiger partial charge >= 0.3 is 0 Å². The number of nitriles is 1. The first-order valence-electron chi connectivity index (χ1n) is 9.16. The molecule has 0 saturated carbocycles. The Morgan fingerprint density at radius 1 is 1.20 bits per heavy atom. The Labute approximate surface area is 183 Å². The van der Waals surface area contributed by atoms with E-state index in [0.717, 1.165) is 22.5 Å². The fourth-order valence-electron chi connectivity index (χ4n) is 2.46. The van der Waals surface area contributed by atoms with Gasteiger partial charge in [0.1, 0.15) is 11.8 Å². The van der Waals surface area contributed by atoms with Gasteiger partial charge in [0.25, 0.3) is 5.91 Å². The van der Waals surface area contributed by atoms with Crippen LogP contribution in [0.3, 0.4) is 0 Å². The lowest BCUT2D eigenvalue weighted by Gasteiger charge is -2.07. The van der Waals surface area contributed by atoms with E-state index in [1.165, 1.54) is 5.56 Å². The zero-order chi connectivity index (χ0) is 21.5. The lowest BCUT2D eigenvalue weighted by atomic mass is 10.1. The Bertz CT molecular complexity index is 1090. The molecular formula is C22H19ClN4O2S. The maximum atomic E-state index is 12.3. The molecular weight excluding hydrogens is 420 g/mol. The summed E-state index contributed by atoms with van der Waals surface area (Å²) in [5.74, 6) is 0.303. The van der Waals surface area contributed by atoms with Crippen molar-refractivity contribution in [2.24, 2.45) is 0 Å². The van der Waals surface area contributed by atoms with Crippen molar-refractivity contribution < 1.29 is 9.53 Å². The molecule has 0 spiro atoms. The highest BCUT2D eigenvalue weighted by Gasteiger charge is 2.14. The summed E-state index contributed by atoms with van der Waals surface area (Å²) in [5.41, 5.74) is 3.00. The highest BCUT2D eigenvalue weighted by molar-refractivity contribution is 7.15. The second-order valence-corrected chi connectivity index (χ2v) is 7.92. The van der Waals surface area contributed by atoms with Gasteiger partial charge in [0.2, 0.25) is 5.01 Å². The SMILES string of the molecule is Cc1ccc(CNC(=O)c2nnc(/C(Cl)=C\c3ccc(OC(C)C#N)cc3)s2)cc1. The standard InChI is InChI=1S/C22H19ClN4O2S/c1-14-3-5-17(6-4-14)13-25-20(28)22-27-26-21(30-22)19(23)11-16-7-9-18(10-8-16)29-15(2)12-24/h3-11,15H,13H2,1-2H3,(H,25,28)/b19-11+. The summed E-state index contributed by atoms with van der Waals surface area (Å²) in [4.78, 5) is 12.3. The number of amides is 1.